The number of unbranched alkanes of at least 4 members (excludes halogenated alkanes) is 5. The Morgan fingerprint density at radius 1 is 1.11 bits per heavy atom. The molecule has 3 nitrogen and oxygen atoms in total. The Kier molecular flexibility index (Phi) is 8.89. The third kappa shape index (κ3) is 7.56. The minimum absolute atomic E-state index is 0.216. The fraction of sp³-hybridized carbons (Fsp3) is 0.938. The first kappa shape index (κ1) is 16.5. The lowest BCUT2D eigenvalue weighted by atomic mass is 9.85. The van der Waals surface area contributed by atoms with Gasteiger partial charge < -0.3 is 11.1 Å². The highest BCUT2D eigenvalue weighted by Gasteiger charge is 2.21. The van der Waals surface area contributed by atoms with Gasteiger partial charge in [-0.2, -0.15) is 0 Å². The van der Waals surface area contributed by atoms with Crippen LogP contribution in [0.4, 0.5) is 0 Å². The Hall–Kier alpha value is -0.570. The van der Waals surface area contributed by atoms with Crippen molar-refractivity contribution in [3.05, 3.63) is 0 Å². The van der Waals surface area contributed by atoms with E-state index in [0.717, 1.165) is 19.4 Å². The van der Waals surface area contributed by atoms with E-state index < -0.39 is 0 Å². The number of nitrogens with one attached hydrogen (secondary N) is 1. The average Bonchev–Trinajstić information content (AvgIpc) is 2.42. The zero-order valence-electron chi connectivity index (χ0n) is 12.6. The maximum atomic E-state index is 11.7. The molecule has 3 heteroatoms. The van der Waals surface area contributed by atoms with E-state index in [4.69, 9.17) is 5.73 Å². The third-order valence-electron chi connectivity index (χ3n) is 4.29. The van der Waals surface area contributed by atoms with Gasteiger partial charge >= 0.3 is 0 Å². The van der Waals surface area contributed by atoms with Crippen LogP contribution in [0.1, 0.15) is 77.6 Å². The van der Waals surface area contributed by atoms with Gasteiger partial charge in [-0.25, -0.2) is 0 Å². The van der Waals surface area contributed by atoms with E-state index in [1.54, 1.807) is 0 Å². The standard InChI is InChI=1S/C16H32N2O/c1-2-3-4-5-6-7-12-16(19)18-13-14-10-8-9-11-15(14)17/h14-15H,2-13,17H2,1H3,(H,18,19). The molecule has 112 valence electrons. The highest BCUT2D eigenvalue weighted by molar-refractivity contribution is 5.75. The average molecular weight is 268 g/mol. The molecule has 19 heavy (non-hydrogen) atoms. The van der Waals surface area contributed by atoms with Gasteiger partial charge in [0.2, 0.25) is 5.91 Å². The summed E-state index contributed by atoms with van der Waals surface area (Å²) >= 11 is 0. The number of rotatable bonds is 9. The summed E-state index contributed by atoms with van der Waals surface area (Å²) in [6.45, 7) is 3.01. The van der Waals surface area contributed by atoms with Gasteiger partial charge in [-0.15, -0.1) is 0 Å². The lowest BCUT2D eigenvalue weighted by molar-refractivity contribution is -0.121. The zero-order chi connectivity index (χ0) is 13.9. The van der Waals surface area contributed by atoms with Crippen LogP contribution >= 0.6 is 0 Å². The molecule has 2 unspecified atom stereocenters. The summed E-state index contributed by atoms with van der Waals surface area (Å²) in [6, 6.07) is 0.295. The molecule has 1 aliphatic carbocycles. The smallest absolute Gasteiger partial charge is 0.220 e. The van der Waals surface area contributed by atoms with Crippen molar-refractivity contribution in [3.63, 3.8) is 0 Å². The molecule has 0 radical (unpaired) electrons. The molecular weight excluding hydrogens is 236 g/mol. The minimum Gasteiger partial charge on any atom is -0.356 e. The van der Waals surface area contributed by atoms with Crippen LogP contribution in [0.2, 0.25) is 0 Å². The Morgan fingerprint density at radius 2 is 1.79 bits per heavy atom. The molecular formula is C16H32N2O. The summed E-state index contributed by atoms with van der Waals surface area (Å²) in [5.41, 5.74) is 6.08. The Bertz CT molecular complexity index is 243. The monoisotopic (exact) mass is 268 g/mol. The quantitative estimate of drug-likeness (QED) is 0.630. The summed E-state index contributed by atoms with van der Waals surface area (Å²) in [4.78, 5) is 11.7. The fourth-order valence-electron chi connectivity index (χ4n) is 2.89. The van der Waals surface area contributed by atoms with Crippen LogP contribution in [0.3, 0.4) is 0 Å². The number of amides is 1. The van der Waals surface area contributed by atoms with E-state index in [0.29, 0.717) is 18.4 Å². The maximum Gasteiger partial charge on any atom is 0.220 e. The van der Waals surface area contributed by atoms with Crippen LogP contribution in [0.15, 0.2) is 0 Å². The highest BCUT2D eigenvalue weighted by atomic mass is 16.1. The molecule has 0 aromatic heterocycles. The summed E-state index contributed by atoms with van der Waals surface area (Å²) in [5, 5.41) is 3.07. The summed E-state index contributed by atoms with van der Waals surface area (Å²) in [7, 11) is 0. The van der Waals surface area contributed by atoms with Gasteiger partial charge in [0.15, 0.2) is 0 Å². The first-order chi connectivity index (χ1) is 9.24. The van der Waals surface area contributed by atoms with Crippen molar-refractivity contribution in [1.82, 2.24) is 5.32 Å². The molecule has 1 amide bonds. The van der Waals surface area contributed by atoms with E-state index in [2.05, 4.69) is 12.2 Å². The second kappa shape index (κ2) is 10.2. The molecule has 0 saturated heterocycles. The Balaban J connectivity index is 1.98. The topological polar surface area (TPSA) is 55.1 Å². The van der Waals surface area contributed by atoms with Crippen LogP contribution in [0.5, 0.6) is 0 Å². The number of nitrogens with two attached hydrogens (primary N) is 1. The molecule has 1 fully saturated rings. The Morgan fingerprint density at radius 3 is 2.53 bits per heavy atom. The SMILES string of the molecule is CCCCCCCCC(=O)NCC1CCCCC1N. The predicted octanol–water partition coefficient (Wildman–Crippen LogP) is 3.37. The van der Waals surface area contributed by atoms with Crippen LogP contribution in [0.25, 0.3) is 0 Å². The number of carbonyl (C=O) groups is 1. The summed E-state index contributed by atoms with van der Waals surface area (Å²) in [6.07, 6.45) is 12.9. The van der Waals surface area contributed by atoms with Gasteiger partial charge in [0.05, 0.1) is 0 Å². The molecule has 0 heterocycles. The van der Waals surface area contributed by atoms with E-state index >= 15 is 0 Å². The van der Waals surface area contributed by atoms with Gasteiger partial charge in [-0.05, 0) is 25.2 Å². The molecule has 1 rings (SSSR count). The van der Waals surface area contributed by atoms with E-state index in [1.165, 1.54) is 51.4 Å². The van der Waals surface area contributed by atoms with Crippen molar-refractivity contribution >= 4 is 5.91 Å². The second-order valence-corrected chi connectivity index (χ2v) is 6.03. The molecule has 0 aliphatic heterocycles. The fourth-order valence-corrected chi connectivity index (χ4v) is 2.89. The zero-order valence-corrected chi connectivity index (χ0v) is 12.6. The van der Waals surface area contributed by atoms with Crippen molar-refractivity contribution < 1.29 is 4.79 Å². The minimum atomic E-state index is 0.216. The first-order valence-corrected chi connectivity index (χ1v) is 8.26. The normalized spacial score (nSPS) is 23.3. The molecule has 1 saturated carbocycles. The predicted molar refractivity (Wildman–Crippen MR) is 80.9 cm³/mol. The van der Waals surface area contributed by atoms with Gasteiger partial charge in [-0.3, -0.25) is 4.79 Å². The summed E-state index contributed by atoms with van der Waals surface area (Å²) < 4.78 is 0. The first-order valence-electron chi connectivity index (χ1n) is 8.26. The van der Waals surface area contributed by atoms with Crippen LogP contribution in [-0.2, 0) is 4.79 Å². The maximum absolute atomic E-state index is 11.7. The molecule has 0 spiro atoms. The van der Waals surface area contributed by atoms with Gasteiger partial charge in [0.1, 0.15) is 0 Å². The lowest BCUT2D eigenvalue weighted by Crippen LogP contribution is -2.41. The molecule has 3 N–H and O–H groups in total. The van der Waals surface area contributed by atoms with Crippen LogP contribution < -0.4 is 11.1 Å². The van der Waals surface area contributed by atoms with Gasteiger partial charge in [0, 0.05) is 19.0 Å². The lowest BCUT2D eigenvalue weighted by Gasteiger charge is -2.28. The van der Waals surface area contributed by atoms with Crippen molar-refractivity contribution in [2.75, 3.05) is 6.54 Å². The van der Waals surface area contributed by atoms with Crippen molar-refractivity contribution in [2.24, 2.45) is 11.7 Å². The van der Waals surface area contributed by atoms with E-state index in [-0.39, 0.29) is 5.91 Å². The second-order valence-electron chi connectivity index (χ2n) is 6.03. The molecule has 2 atom stereocenters. The van der Waals surface area contributed by atoms with Gasteiger partial charge in [0.25, 0.3) is 0 Å². The molecule has 0 aromatic rings. The van der Waals surface area contributed by atoms with Crippen molar-refractivity contribution in [2.45, 2.75) is 83.6 Å². The summed E-state index contributed by atoms with van der Waals surface area (Å²) in [5.74, 6) is 0.718. The highest BCUT2D eigenvalue weighted by Crippen LogP contribution is 2.22. The molecule has 0 aromatic carbocycles. The number of hydrogen-bond donors (Lipinski definition) is 2. The van der Waals surface area contributed by atoms with Crippen molar-refractivity contribution in [3.8, 4) is 0 Å². The largest absolute Gasteiger partial charge is 0.356 e. The van der Waals surface area contributed by atoms with E-state index in [1.807, 2.05) is 0 Å². The molecule has 1 aliphatic rings. The molecule has 0 bridgehead atoms. The van der Waals surface area contributed by atoms with Crippen LogP contribution in [-0.4, -0.2) is 18.5 Å². The van der Waals surface area contributed by atoms with E-state index in [9.17, 15) is 4.79 Å². The van der Waals surface area contributed by atoms with Crippen molar-refractivity contribution in [1.29, 1.82) is 0 Å². The third-order valence-corrected chi connectivity index (χ3v) is 4.29. The van der Waals surface area contributed by atoms with Gasteiger partial charge in [-0.1, -0.05) is 51.9 Å². The van der Waals surface area contributed by atoms with Crippen LogP contribution in [0, 0.1) is 5.92 Å². The Labute approximate surface area is 118 Å². The number of carbonyl (C=O) groups excluding carboxylic acids is 1. The number of hydrogen-bond acceptors (Lipinski definition) is 2.